The molecule has 0 saturated heterocycles. The summed E-state index contributed by atoms with van der Waals surface area (Å²) in [5.41, 5.74) is 0. The summed E-state index contributed by atoms with van der Waals surface area (Å²) in [7, 11) is -3.00. The fraction of sp³-hybridized carbons (Fsp3) is 1.00. The zero-order chi connectivity index (χ0) is 9.90. The molecule has 1 fully saturated rings. The maximum absolute atomic E-state index is 10.8. The molecule has 0 aromatic heterocycles. The first kappa shape index (κ1) is 10.9. The SMILES string of the molecule is CCN[C@H]1C[C@H](CNS(C)(=O)=O)C1. The zero-order valence-electron chi connectivity index (χ0n) is 8.21. The van der Waals surface area contributed by atoms with Crippen molar-refractivity contribution in [1.82, 2.24) is 10.0 Å². The van der Waals surface area contributed by atoms with Gasteiger partial charge in [-0.15, -0.1) is 0 Å². The summed E-state index contributed by atoms with van der Waals surface area (Å²) in [4.78, 5) is 0. The maximum Gasteiger partial charge on any atom is 0.208 e. The largest absolute Gasteiger partial charge is 0.314 e. The summed E-state index contributed by atoms with van der Waals surface area (Å²) in [5.74, 6) is 0.527. The predicted octanol–water partition coefficient (Wildman–Crippen LogP) is -0.0763. The molecule has 13 heavy (non-hydrogen) atoms. The van der Waals surface area contributed by atoms with Crippen molar-refractivity contribution in [3.63, 3.8) is 0 Å². The molecule has 0 heterocycles. The van der Waals surface area contributed by atoms with E-state index in [2.05, 4.69) is 17.0 Å². The van der Waals surface area contributed by atoms with Crippen LogP contribution >= 0.6 is 0 Å². The molecule has 0 bridgehead atoms. The third-order valence-electron chi connectivity index (χ3n) is 2.36. The average Bonchev–Trinajstić information content (AvgIpc) is 1.91. The molecular weight excluding hydrogens is 188 g/mol. The van der Waals surface area contributed by atoms with Crippen LogP contribution in [0.5, 0.6) is 0 Å². The highest BCUT2D eigenvalue weighted by molar-refractivity contribution is 7.88. The molecule has 0 aromatic carbocycles. The number of sulfonamides is 1. The van der Waals surface area contributed by atoms with Crippen LogP contribution in [0.25, 0.3) is 0 Å². The van der Waals surface area contributed by atoms with E-state index >= 15 is 0 Å². The molecule has 5 heteroatoms. The Kier molecular flexibility index (Phi) is 3.70. The number of nitrogens with one attached hydrogen (secondary N) is 2. The highest BCUT2D eigenvalue weighted by atomic mass is 32.2. The summed E-state index contributed by atoms with van der Waals surface area (Å²) >= 11 is 0. The van der Waals surface area contributed by atoms with E-state index in [1.54, 1.807) is 0 Å². The lowest BCUT2D eigenvalue weighted by Gasteiger charge is -2.35. The molecule has 0 atom stereocenters. The van der Waals surface area contributed by atoms with E-state index in [-0.39, 0.29) is 0 Å². The molecule has 0 aliphatic heterocycles. The standard InChI is InChI=1S/C8H18N2O2S/c1-3-9-8-4-7(5-8)6-10-13(2,11)12/h7-10H,3-6H2,1-2H3/t7-,8-. The van der Waals surface area contributed by atoms with E-state index in [0.29, 0.717) is 18.5 Å². The molecule has 1 aliphatic rings. The second-order valence-electron chi connectivity index (χ2n) is 3.71. The molecule has 0 spiro atoms. The molecule has 78 valence electrons. The Morgan fingerprint density at radius 1 is 1.38 bits per heavy atom. The second kappa shape index (κ2) is 4.39. The van der Waals surface area contributed by atoms with Crippen LogP contribution in [0.1, 0.15) is 19.8 Å². The van der Waals surface area contributed by atoms with Crippen molar-refractivity contribution in [3.05, 3.63) is 0 Å². The summed E-state index contributed by atoms with van der Waals surface area (Å²) in [5, 5.41) is 3.33. The number of rotatable bonds is 5. The first-order valence-corrected chi connectivity index (χ1v) is 6.58. The minimum atomic E-state index is -3.00. The van der Waals surface area contributed by atoms with E-state index in [1.807, 2.05) is 0 Å². The van der Waals surface area contributed by atoms with Gasteiger partial charge in [-0.2, -0.15) is 0 Å². The van der Waals surface area contributed by atoms with Gasteiger partial charge in [0, 0.05) is 12.6 Å². The third kappa shape index (κ3) is 4.06. The lowest BCUT2D eigenvalue weighted by molar-refractivity contribution is 0.228. The quantitative estimate of drug-likeness (QED) is 0.661. The van der Waals surface area contributed by atoms with Gasteiger partial charge in [-0.3, -0.25) is 0 Å². The molecule has 1 aliphatic carbocycles. The Morgan fingerprint density at radius 2 is 2.00 bits per heavy atom. The molecular formula is C8H18N2O2S. The van der Waals surface area contributed by atoms with E-state index in [0.717, 1.165) is 19.4 Å². The minimum absolute atomic E-state index is 0.527. The molecule has 0 unspecified atom stereocenters. The van der Waals surface area contributed by atoms with Crippen LogP contribution in [0.3, 0.4) is 0 Å². The monoisotopic (exact) mass is 206 g/mol. The molecule has 4 nitrogen and oxygen atoms in total. The van der Waals surface area contributed by atoms with Crippen LogP contribution in [0, 0.1) is 5.92 Å². The predicted molar refractivity (Wildman–Crippen MR) is 53.0 cm³/mol. The highest BCUT2D eigenvalue weighted by Gasteiger charge is 2.28. The minimum Gasteiger partial charge on any atom is -0.314 e. The Balaban J connectivity index is 2.09. The van der Waals surface area contributed by atoms with Gasteiger partial charge < -0.3 is 5.32 Å². The van der Waals surface area contributed by atoms with Gasteiger partial charge in [-0.25, -0.2) is 13.1 Å². The Hall–Kier alpha value is -0.130. The van der Waals surface area contributed by atoms with E-state index < -0.39 is 10.0 Å². The van der Waals surface area contributed by atoms with Crippen molar-refractivity contribution in [3.8, 4) is 0 Å². The summed E-state index contributed by atoms with van der Waals surface area (Å²) in [6.45, 7) is 3.68. The van der Waals surface area contributed by atoms with Crippen LogP contribution in [0.4, 0.5) is 0 Å². The van der Waals surface area contributed by atoms with Gasteiger partial charge in [0.05, 0.1) is 6.26 Å². The smallest absolute Gasteiger partial charge is 0.208 e. The van der Waals surface area contributed by atoms with Gasteiger partial charge in [0.15, 0.2) is 0 Å². The first-order chi connectivity index (χ1) is 6.01. The normalized spacial score (nSPS) is 28.5. The Bertz CT molecular complexity index is 245. The fourth-order valence-corrected chi connectivity index (χ4v) is 2.17. The van der Waals surface area contributed by atoms with E-state index in [9.17, 15) is 8.42 Å². The van der Waals surface area contributed by atoms with Crippen molar-refractivity contribution >= 4 is 10.0 Å². The van der Waals surface area contributed by atoms with E-state index in [4.69, 9.17) is 0 Å². The molecule has 2 N–H and O–H groups in total. The van der Waals surface area contributed by atoms with Crippen molar-refractivity contribution in [2.75, 3.05) is 19.3 Å². The second-order valence-corrected chi connectivity index (χ2v) is 5.55. The van der Waals surface area contributed by atoms with Crippen LogP contribution in [0.15, 0.2) is 0 Å². The summed E-state index contributed by atoms with van der Waals surface area (Å²) in [6, 6.07) is 0.608. The first-order valence-electron chi connectivity index (χ1n) is 4.69. The van der Waals surface area contributed by atoms with Crippen molar-refractivity contribution in [1.29, 1.82) is 0 Å². The Morgan fingerprint density at radius 3 is 2.46 bits per heavy atom. The zero-order valence-corrected chi connectivity index (χ0v) is 9.02. The molecule has 1 saturated carbocycles. The molecule has 0 aromatic rings. The van der Waals surface area contributed by atoms with Crippen LogP contribution < -0.4 is 10.0 Å². The van der Waals surface area contributed by atoms with Gasteiger partial charge in [0.2, 0.25) is 10.0 Å². The number of hydrogen-bond donors (Lipinski definition) is 2. The van der Waals surface area contributed by atoms with Gasteiger partial charge in [0.25, 0.3) is 0 Å². The lowest BCUT2D eigenvalue weighted by atomic mass is 9.80. The van der Waals surface area contributed by atoms with Crippen LogP contribution in [0.2, 0.25) is 0 Å². The fourth-order valence-electron chi connectivity index (χ4n) is 1.63. The lowest BCUT2D eigenvalue weighted by Crippen LogP contribution is -2.45. The van der Waals surface area contributed by atoms with Gasteiger partial charge in [-0.1, -0.05) is 6.92 Å². The van der Waals surface area contributed by atoms with Gasteiger partial charge >= 0.3 is 0 Å². The summed E-state index contributed by atoms with van der Waals surface area (Å²) < 4.78 is 24.0. The van der Waals surface area contributed by atoms with Crippen molar-refractivity contribution in [2.45, 2.75) is 25.8 Å². The maximum atomic E-state index is 10.8. The van der Waals surface area contributed by atoms with E-state index in [1.165, 1.54) is 6.26 Å². The van der Waals surface area contributed by atoms with Crippen molar-refractivity contribution in [2.24, 2.45) is 5.92 Å². The van der Waals surface area contributed by atoms with Gasteiger partial charge in [0.1, 0.15) is 0 Å². The van der Waals surface area contributed by atoms with Gasteiger partial charge in [-0.05, 0) is 25.3 Å². The topological polar surface area (TPSA) is 58.2 Å². The highest BCUT2D eigenvalue weighted by Crippen LogP contribution is 2.26. The average molecular weight is 206 g/mol. The molecule has 1 rings (SSSR count). The van der Waals surface area contributed by atoms with Crippen LogP contribution in [-0.2, 0) is 10.0 Å². The van der Waals surface area contributed by atoms with Crippen molar-refractivity contribution < 1.29 is 8.42 Å². The number of hydrogen-bond acceptors (Lipinski definition) is 3. The Labute approximate surface area is 80.1 Å². The molecule has 0 radical (unpaired) electrons. The third-order valence-corrected chi connectivity index (χ3v) is 3.05. The van der Waals surface area contributed by atoms with Crippen LogP contribution in [-0.4, -0.2) is 33.8 Å². The molecule has 0 amide bonds. The summed E-state index contributed by atoms with van der Waals surface area (Å²) in [6.07, 6.45) is 3.39.